The maximum Gasteiger partial charge on any atom is 0.214 e. The van der Waals surface area contributed by atoms with Crippen LogP contribution in [0.5, 0.6) is 0 Å². The van der Waals surface area contributed by atoms with Crippen molar-refractivity contribution < 1.29 is 4.39 Å². The SMILES string of the molecule is Cc1nn(C)c(F)c1C. The quantitative estimate of drug-likeness (QED) is 0.513. The van der Waals surface area contributed by atoms with Crippen LogP contribution in [0.1, 0.15) is 11.3 Å². The summed E-state index contributed by atoms with van der Waals surface area (Å²) in [6.07, 6.45) is 0. The van der Waals surface area contributed by atoms with Gasteiger partial charge in [-0.1, -0.05) is 0 Å². The predicted octanol–water partition coefficient (Wildman–Crippen LogP) is 1.18. The average Bonchev–Trinajstić information content (AvgIpc) is 1.98. The standard InChI is InChI=1S/C6H9FN2/c1-4-5(2)8-9(3)6(4)7/h1-3H3. The van der Waals surface area contributed by atoms with Gasteiger partial charge in [0.1, 0.15) is 0 Å². The number of halogens is 1. The normalized spacial score (nSPS) is 10.2. The lowest BCUT2D eigenvalue weighted by molar-refractivity contribution is 0.498. The molecule has 1 rings (SSSR count). The Kier molecular flexibility index (Phi) is 1.27. The van der Waals surface area contributed by atoms with Crippen molar-refractivity contribution in [2.24, 2.45) is 7.05 Å². The van der Waals surface area contributed by atoms with Crippen LogP contribution < -0.4 is 0 Å². The molecule has 0 spiro atoms. The highest BCUT2D eigenvalue weighted by molar-refractivity contribution is 5.14. The molecule has 0 saturated heterocycles. The molecule has 0 amide bonds. The zero-order valence-electron chi connectivity index (χ0n) is 5.77. The van der Waals surface area contributed by atoms with Gasteiger partial charge in [-0.15, -0.1) is 0 Å². The number of aryl methyl sites for hydroxylation is 2. The second-order valence-corrected chi connectivity index (χ2v) is 2.12. The summed E-state index contributed by atoms with van der Waals surface area (Å²) in [6, 6.07) is 0. The van der Waals surface area contributed by atoms with Crippen molar-refractivity contribution in [2.45, 2.75) is 13.8 Å². The van der Waals surface area contributed by atoms with Gasteiger partial charge in [0.2, 0.25) is 5.95 Å². The summed E-state index contributed by atoms with van der Waals surface area (Å²) in [7, 11) is 1.59. The van der Waals surface area contributed by atoms with E-state index in [0.717, 1.165) is 5.69 Å². The predicted molar refractivity (Wildman–Crippen MR) is 32.6 cm³/mol. The smallest absolute Gasteiger partial charge is 0.214 e. The van der Waals surface area contributed by atoms with Gasteiger partial charge in [0, 0.05) is 12.6 Å². The van der Waals surface area contributed by atoms with E-state index in [1.165, 1.54) is 4.68 Å². The molecule has 0 aliphatic carbocycles. The second-order valence-electron chi connectivity index (χ2n) is 2.12. The summed E-state index contributed by atoms with van der Waals surface area (Å²) in [5.74, 6) is -0.243. The van der Waals surface area contributed by atoms with Gasteiger partial charge in [-0.25, -0.2) is 4.68 Å². The Hall–Kier alpha value is -0.860. The lowest BCUT2D eigenvalue weighted by Gasteiger charge is -1.86. The summed E-state index contributed by atoms with van der Waals surface area (Å²) in [4.78, 5) is 0. The fraction of sp³-hybridized carbons (Fsp3) is 0.500. The van der Waals surface area contributed by atoms with Crippen LogP contribution in [0.15, 0.2) is 0 Å². The molecule has 0 atom stereocenters. The average molecular weight is 128 g/mol. The first-order chi connectivity index (χ1) is 4.13. The molecule has 50 valence electrons. The summed E-state index contributed by atoms with van der Waals surface area (Å²) >= 11 is 0. The molecule has 0 aliphatic heterocycles. The molecule has 0 saturated carbocycles. The van der Waals surface area contributed by atoms with Gasteiger partial charge in [-0.3, -0.25) is 0 Å². The van der Waals surface area contributed by atoms with E-state index in [1.54, 1.807) is 20.9 Å². The van der Waals surface area contributed by atoms with Gasteiger partial charge in [0.05, 0.1) is 5.69 Å². The minimum atomic E-state index is -0.243. The third-order valence-corrected chi connectivity index (χ3v) is 1.44. The number of hydrogen-bond acceptors (Lipinski definition) is 1. The third kappa shape index (κ3) is 0.823. The van der Waals surface area contributed by atoms with Crippen molar-refractivity contribution in [1.82, 2.24) is 9.78 Å². The van der Waals surface area contributed by atoms with Crippen molar-refractivity contribution in [1.29, 1.82) is 0 Å². The first-order valence-electron chi connectivity index (χ1n) is 2.78. The summed E-state index contributed by atoms with van der Waals surface area (Å²) < 4.78 is 13.9. The van der Waals surface area contributed by atoms with Crippen LogP contribution >= 0.6 is 0 Å². The fourth-order valence-electron chi connectivity index (χ4n) is 0.736. The molecule has 0 fully saturated rings. The molecule has 0 aliphatic rings. The molecular weight excluding hydrogens is 119 g/mol. The Labute approximate surface area is 53.3 Å². The van der Waals surface area contributed by atoms with E-state index in [0.29, 0.717) is 5.56 Å². The molecule has 0 unspecified atom stereocenters. The summed E-state index contributed by atoms with van der Waals surface area (Å²) in [5, 5.41) is 3.85. The first kappa shape index (κ1) is 6.26. The highest BCUT2D eigenvalue weighted by Crippen LogP contribution is 2.07. The topological polar surface area (TPSA) is 17.8 Å². The number of hydrogen-bond donors (Lipinski definition) is 0. The number of aromatic nitrogens is 2. The Morgan fingerprint density at radius 3 is 2.11 bits per heavy atom. The molecule has 9 heavy (non-hydrogen) atoms. The Morgan fingerprint density at radius 1 is 1.44 bits per heavy atom. The van der Waals surface area contributed by atoms with E-state index in [-0.39, 0.29) is 5.95 Å². The highest BCUT2D eigenvalue weighted by Gasteiger charge is 2.05. The van der Waals surface area contributed by atoms with E-state index >= 15 is 0 Å². The van der Waals surface area contributed by atoms with Crippen molar-refractivity contribution in [3.05, 3.63) is 17.2 Å². The van der Waals surface area contributed by atoms with Crippen molar-refractivity contribution >= 4 is 0 Å². The molecule has 0 N–H and O–H groups in total. The zero-order chi connectivity index (χ0) is 7.02. The molecular formula is C6H9FN2. The van der Waals surface area contributed by atoms with Gasteiger partial charge >= 0.3 is 0 Å². The molecule has 1 aromatic rings. The lowest BCUT2D eigenvalue weighted by atomic mass is 10.3. The second kappa shape index (κ2) is 1.83. The lowest BCUT2D eigenvalue weighted by Crippen LogP contribution is -1.93. The van der Waals surface area contributed by atoms with E-state index < -0.39 is 0 Å². The maximum atomic E-state index is 12.7. The van der Waals surface area contributed by atoms with Crippen LogP contribution in [0.3, 0.4) is 0 Å². The van der Waals surface area contributed by atoms with Crippen LogP contribution in [0.2, 0.25) is 0 Å². The Balaban J connectivity index is 3.29. The van der Waals surface area contributed by atoms with Crippen molar-refractivity contribution in [2.75, 3.05) is 0 Å². The summed E-state index contributed by atoms with van der Waals surface area (Å²) in [5.41, 5.74) is 1.40. The van der Waals surface area contributed by atoms with Crippen LogP contribution in [0.4, 0.5) is 4.39 Å². The molecule has 0 aromatic carbocycles. The molecule has 3 heteroatoms. The van der Waals surface area contributed by atoms with Crippen molar-refractivity contribution in [3.8, 4) is 0 Å². The van der Waals surface area contributed by atoms with Gasteiger partial charge in [0.15, 0.2) is 0 Å². The van der Waals surface area contributed by atoms with Gasteiger partial charge in [-0.05, 0) is 13.8 Å². The van der Waals surface area contributed by atoms with E-state index in [2.05, 4.69) is 5.10 Å². The van der Waals surface area contributed by atoms with E-state index in [4.69, 9.17) is 0 Å². The van der Waals surface area contributed by atoms with Crippen LogP contribution in [0, 0.1) is 19.8 Å². The number of rotatable bonds is 0. The molecule has 0 radical (unpaired) electrons. The first-order valence-corrected chi connectivity index (χ1v) is 2.78. The van der Waals surface area contributed by atoms with E-state index in [9.17, 15) is 4.39 Å². The molecule has 0 bridgehead atoms. The van der Waals surface area contributed by atoms with Crippen molar-refractivity contribution in [3.63, 3.8) is 0 Å². The monoisotopic (exact) mass is 128 g/mol. The van der Waals surface area contributed by atoms with E-state index in [1.807, 2.05) is 0 Å². The maximum absolute atomic E-state index is 12.7. The molecule has 1 aromatic heterocycles. The minimum absolute atomic E-state index is 0.243. The number of nitrogens with zero attached hydrogens (tertiary/aromatic N) is 2. The minimum Gasteiger partial charge on any atom is -0.242 e. The molecule has 2 nitrogen and oxygen atoms in total. The van der Waals surface area contributed by atoms with Gasteiger partial charge < -0.3 is 0 Å². The largest absolute Gasteiger partial charge is 0.242 e. The Morgan fingerprint density at radius 2 is 2.00 bits per heavy atom. The Bertz CT molecular complexity index is 205. The van der Waals surface area contributed by atoms with Gasteiger partial charge in [0.25, 0.3) is 0 Å². The van der Waals surface area contributed by atoms with Crippen LogP contribution in [0.25, 0.3) is 0 Å². The highest BCUT2D eigenvalue weighted by atomic mass is 19.1. The fourth-order valence-corrected chi connectivity index (χ4v) is 0.736. The molecule has 1 heterocycles. The van der Waals surface area contributed by atoms with Gasteiger partial charge in [-0.2, -0.15) is 9.49 Å². The third-order valence-electron chi connectivity index (χ3n) is 1.44. The summed E-state index contributed by atoms with van der Waals surface area (Å²) in [6.45, 7) is 3.51. The van der Waals surface area contributed by atoms with Crippen LogP contribution in [-0.4, -0.2) is 9.78 Å². The van der Waals surface area contributed by atoms with Crippen LogP contribution in [-0.2, 0) is 7.05 Å². The zero-order valence-corrected chi connectivity index (χ0v) is 5.77.